The summed E-state index contributed by atoms with van der Waals surface area (Å²) >= 11 is 0. The SMILES string of the molecule is CCNC1CC2(CCN(C3CC3)C2)Oc2cc(F)ccc21. The Morgan fingerprint density at radius 1 is 1.43 bits per heavy atom. The van der Waals surface area contributed by atoms with Gasteiger partial charge in [-0.1, -0.05) is 13.0 Å². The summed E-state index contributed by atoms with van der Waals surface area (Å²) in [6.07, 6.45) is 4.71. The van der Waals surface area contributed by atoms with Crippen LogP contribution in [0.1, 0.15) is 44.2 Å². The Balaban J connectivity index is 1.63. The van der Waals surface area contributed by atoms with Crippen LogP contribution in [0.25, 0.3) is 0 Å². The van der Waals surface area contributed by atoms with Gasteiger partial charge in [-0.05, 0) is 25.5 Å². The highest BCUT2D eigenvalue weighted by atomic mass is 19.1. The van der Waals surface area contributed by atoms with Crippen molar-refractivity contribution in [1.29, 1.82) is 0 Å². The van der Waals surface area contributed by atoms with E-state index < -0.39 is 0 Å². The second-order valence-corrected chi connectivity index (χ2v) is 6.73. The maximum absolute atomic E-state index is 13.6. The lowest BCUT2D eigenvalue weighted by Gasteiger charge is -2.40. The molecule has 21 heavy (non-hydrogen) atoms. The highest BCUT2D eigenvalue weighted by Gasteiger charge is 2.48. The molecule has 2 aliphatic heterocycles. The topological polar surface area (TPSA) is 24.5 Å². The zero-order valence-electron chi connectivity index (χ0n) is 12.6. The number of halogens is 1. The molecule has 1 aliphatic carbocycles. The standard InChI is InChI=1S/C17H23FN2O/c1-2-19-15-10-17(7-8-20(11-17)13-4-5-13)21-16-9-12(18)3-6-14(15)16/h3,6,9,13,15,19H,2,4-5,7-8,10-11H2,1H3. The molecule has 2 heterocycles. The van der Waals surface area contributed by atoms with E-state index in [1.54, 1.807) is 6.07 Å². The summed E-state index contributed by atoms with van der Waals surface area (Å²) in [5.74, 6) is 0.531. The second kappa shape index (κ2) is 4.96. The molecule has 0 radical (unpaired) electrons. The van der Waals surface area contributed by atoms with Crippen LogP contribution in [-0.2, 0) is 0 Å². The highest BCUT2D eigenvalue weighted by Crippen LogP contribution is 2.45. The van der Waals surface area contributed by atoms with Gasteiger partial charge in [-0.25, -0.2) is 4.39 Å². The molecule has 2 fully saturated rings. The van der Waals surface area contributed by atoms with Crippen LogP contribution < -0.4 is 10.1 Å². The Bertz CT molecular complexity index is 546. The van der Waals surface area contributed by atoms with Gasteiger partial charge in [0.2, 0.25) is 0 Å². The molecule has 4 rings (SSSR count). The van der Waals surface area contributed by atoms with Crippen molar-refractivity contribution in [2.45, 2.75) is 50.3 Å². The van der Waals surface area contributed by atoms with Gasteiger partial charge in [-0.3, -0.25) is 4.90 Å². The fourth-order valence-corrected chi connectivity index (χ4v) is 3.95. The molecule has 0 amide bonds. The van der Waals surface area contributed by atoms with Crippen molar-refractivity contribution in [2.75, 3.05) is 19.6 Å². The fraction of sp³-hybridized carbons (Fsp3) is 0.647. The van der Waals surface area contributed by atoms with Gasteiger partial charge in [0.15, 0.2) is 0 Å². The van der Waals surface area contributed by atoms with Crippen LogP contribution in [0.3, 0.4) is 0 Å². The van der Waals surface area contributed by atoms with Crippen molar-refractivity contribution >= 4 is 0 Å². The normalized spacial score (nSPS) is 32.2. The van der Waals surface area contributed by atoms with E-state index in [0.29, 0.717) is 0 Å². The molecule has 1 spiro atoms. The number of hydrogen-bond acceptors (Lipinski definition) is 3. The first-order chi connectivity index (χ1) is 10.2. The lowest BCUT2D eigenvalue weighted by Crippen LogP contribution is -2.46. The van der Waals surface area contributed by atoms with Gasteiger partial charge < -0.3 is 10.1 Å². The van der Waals surface area contributed by atoms with Crippen molar-refractivity contribution in [2.24, 2.45) is 0 Å². The van der Waals surface area contributed by atoms with Gasteiger partial charge in [-0.15, -0.1) is 0 Å². The summed E-state index contributed by atoms with van der Waals surface area (Å²) in [5.41, 5.74) is 0.977. The Morgan fingerprint density at radius 3 is 3.05 bits per heavy atom. The van der Waals surface area contributed by atoms with Gasteiger partial charge >= 0.3 is 0 Å². The Morgan fingerprint density at radius 2 is 2.29 bits per heavy atom. The summed E-state index contributed by atoms with van der Waals surface area (Å²) in [4.78, 5) is 2.56. The van der Waals surface area contributed by atoms with Gasteiger partial charge in [0.25, 0.3) is 0 Å². The quantitative estimate of drug-likeness (QED) is 0.926. The van der Waals surface area contributed by atoms with Crippen LogP contribution in [0.5, 0.6) is 5.75 Å². The van der Waals surface area contributed by atoms with Crippen LogP contribution in [0, 0.1) is 5.82 Å². The van der Waals surface area contributed by atoms with E-state index >= 15 is 0 Å². The van der Waals surface area contributed by atoms with Gasteiger partial charge in [-0.2, -0.15) is 0 Å². The van der Waals surface area contributed by atoms with E-state index in [1.165, 1.54) is 18.9 Å². The third-order valence-electron chi connectivity index (χ3n) is 5.11. The Labute approximate surface area is 125 Å². The number of nitrogens with zero attached hydrogens (tertiary/aromatic N) is 1. The summed E-state index contributed by atoms with van der Waals surface area (Å²) in [6.45, 7) is 5.16. The average molecular weight is 290 g/mol. The molecular weight excluding hydrogens is 267 g/mol. The summed E-state index contributed by atoms with van der Waals surface area (Å²) in [6, 6.07) is 6.02. The number of likely N-dealkylation sites (tertiary alicyclic amines) is 1. The molecule has 3 aliphatic rings. The monoisotopic (exact) mass is 290 g/mol. The van der Waals surface area contributed by atoms with E-state index in [0.717, 1.165) is 49.8 Å². The summed E-state index contributed by atoms with van der Waals surface area (Å²) in [7, 11) is 0. The summed E-state index contributed by atoms with van der Waals surface area (Å²) < 4.78 is 19.9. The molecule has 2 unspecified atom stereocenters. The van der Waals surface area contributed by atoms with Crippen molar-refractivity contribution in [3.63, 3.8) is 0 Å². The minimum absolute atomic E-state index is 0.129. The van der Waals surface area contributed by atoms with Crippen molar-refractivity contribution in [3.8, 4) is 5.75 Å². The predicted octanol–water partition coefficient (Wildman–Crippen LogP) is 2.87. The molecule has 2 atom stereocenters. The minimum atomic E-state index is -0.210. The van der Waals surface area contributed by atoms with Crippen molar-refractivity contribution in [1.82, 2.24) is 10.2 Å². The predicted molar refractivity (Wildman–Crippen MR) is 80.0 cm³/mol. The molecule has 0 aromatic heterocycles. The fourth-order valence-electron chi connectivity index (χ4n) is 3.95. The molecule has 114 valence electrons. The minimum Gasteiger partial charge on any atom is -0.485 e. The van der Waals surface area contributed by atoms with Crippen LogP contribution in [0.2, 0.25) is 0 Å². The second-order valence-electron chi connectivity index (χ2n) is 6.73. The highest BCUT2D eigenvalue weighted by molar-refractivity contribution is 5.40. The van der Waals surface area contributed by atoms with Gasteiger partial charge in [0.1, 0.15) is 17.2 Å². The zero-order chi connectivity index (χ0) is 14.4. The Hall–Kier alpha value is -1.13. The van der Waals surface area contributed by atoms with Crippen LogP contribution >= 0.6 is 0 Å². The number of ether oxygens (including phenoxy) is 1. The van der Waals surface area contributed by atoms with Gasteiger partial charge in [0, 0.05) is 49.6 Å². The molecule has 1 saturated carbocycles. The number of nitrogens with one attached hydrogen (secondary N) is 1. The van der Waals surface area contributed by atoms with E-state index in [2.05, 4.69) is 17.1 Å². The maximum Gasteiger partial charge on any atom is 0.127 e. The molecule has 1 saturated heterocycles. The number of fused-ring (bicyclic) bond motifs is 1. The molecule has 3 nitrogen and oxygen atoms in total. The lowest BCUT2D eigenvalue weighted by molar-refractivity contribution is 0.0376. The number of hydrogen-bond donors (Lipinski definition) is 1. The first-order valence-electron chi connectivity index (χ1n) is 8.15. The third-order valence-corrected chi connectivity index (χ3v) is 5.11. The molecular formula is C17H23FN2O. The summed E-state index contributed by atoms with van der Waals surface area (Å²) in [5, 5.41) is 3.55. The smallest absolute Gasteiger partial charge is 0.127 e. The van der Waals surface area contributed by atoms with Crippen LogP contribution in [0.4, 0.5) is 4.39 Å². The van der Waals surface area contributed by atoms with E-state index in [9.17, 15) is 4.39 Å². The first kappa shape index (κ1) is 13.5. The molecule has 1 aromatic rings. The number of benzene rings is 1. The molecule has 4 heteroatoms. The molecule has 1 N–H and O–H groups in total. The lowest BCUT2D eigenvalue weighted by atomic mass is 9.86. The van der Waals surface area contributed by atoms with Crippen LogP contribution in [-0.4, -0.2) is 36.2 Å². The van der Waals surface area contributed by atoms with Crippen molar-refractivity contribution in [3.05, 3.63) is 29.6 Å². The van der Waals surface area contributed by atoms with E-state index in [4.69, 9.17) is 4.74 Å². The third kappa shape index (κ3) is 2.44. The zero-order valence-corrected chi connectivity index (χ0v) is 12.6. The van der Waals surface area contributed by atoms with Crippen LogP contribution in [0.15, 0.2) is 18.2 Å². The molecule has 0 bridgehead atoms. The first-order valence-corrected chi connectivity index (χ1v) is 8.15. The van der Waals surface area contributed by atoms with E-state index in [-0.39, 0.29) is 17.5 Å². The Kier molecular flexibility index (Phi) is 3.19. The maximum atomic E-state index is 13.6. The number of rotatable bonds is 3. The largest absolute Gasteiger partial charge is 0.485 e. The molecule has 1 aromatic carbocycles. The van der Waals surface area contributed by atoms with Crippen molar-refractivity contribution < 1.29 is 9.13 Å². The van der Waals surface area contributed by atoms with Gasteiger partial charge in [0.05, 0.1) is 0 Å². The van der Waals surface area contributed by atoms with E-state index in [1.807, 2.05) is 6.07 Å². The average Bonchev–Trinajstić information content (AvgIpc) is 3.22.